The van der Waals surface area contributed by atoms with Gasteiger partial charge in [-0.1, -0.05) is 64.5 Å². The fraction of sp³-hybridized carbons (Fsp3) is 0.812. The van der Waals surface area contributed by atoms with Crippen LogP contribution in [0.4, 0.5) is 0 Å². The fourth-order valence-electron chi connectivity index (χ4n) is 11.0. The minimum Gasteiger partial charge on any atom is -0.462 e. The Hall–Kier alpha value is -2.05. The molecular formula is C48H74O14. The summed E-state index contributed by atoms with van der Waals surface area (Å²) >= 11 is 0. The minimum atomic E-state index is -1.82. The predicted octanol–water partition coefficient (Wildman–Crippen LogP) is 5.60. The molecule has 3 N–H and O–H groups in total. The molecule has 1 unspecified atom stereocenters. The molecule has 0 amide bonds. The second-order valence-corrected chi connectivity index (χ2v) is 19.4. The van der Waals surface area contributed by atoms with Gasteiger partial charge in [0.15, 0.2) is 18.4 Å². The van der Waals surface area contributed by atoms with Gasteiger partial charge in [-0.25, -0.2) is 0 Å². The van der Waals surface area contributed by atoms with Crippen LogP contribution >= 0.6 is 0 Å². The van der Waals surface area contributed by atoms with Gasteiger partial charge < -0.3 is 62.7 Å². The minimum absolute atomic E-state index is 0.00708. The van der Waals surface area contributed by atoms with Gasteiger partial charge in [0.2, 0.25) is 0 Å². The third-order valence-corrected chi connectivity index (χ3v) is 14.9. The molecule has 62 heavy (non-hydrogen) atoms. The molecule has 5 fully saturated rings. The summed E-state index contributed by atoms with van der Waals surface area (Å²) in [6.45, 7) is 16.3. The summed E-state index contributed by atoms with van der Waals surface area (Å²) in [6, 6.07) is 0. The number of hydrogen-bond acceptors (Lipinski definition) is 14. The van der Waals surface area contributed by atoms with Crippen LogP contribution in [0.15, 0.2) is 47.1 Å². The van der Waals surface area contributed by atoms with Crippen molar-refractivity contribution >= 4 is 5.97 Å². The van der Waals surface area contributed by atoms with Gasteiger partial charge in [0.05, 0.1) is 49.3 Å². The summed E-state index contributed by atoms with van der Waals surface area (Å²) in [5.74, 6) is -2.10. The van der Waals surface area contributed by atoms with Gasteiger partial charge in [-0.05, 0) is 69.1 Å². The van der Waals surface area contributed by atoms with Crippen molar-refractivity contribution in [2.24, 2.45) is 23.7 Å². The molecule has 2 bridgehead atoms. The Kier molecular flexibility index (Phi) is 15.3. The maximum Gasteiger partial charge on any atom is 0.316 e. The second-order valence-electron chi connectivity index (χ2n) is 19.4. The van der Waals surface area contributed by atoms with Gasteiger partial charge in [0, 0.05) is 52.2 Å². The van der Waals surface area contributed by atoms with E-state index in [4.69, 9.17) is 47.4 Å². The van der Waals surface area contributed by atoms with Crippen LogP contribution in [0.5, 0.6) is 0 Å². The molecule has 6 aliphatic heterocycles. The molecule has 1 aliphatic carbocycles. The number of fused-ring (bicyclic) bond motifs is 2. The number of hydrogen-bond donors (Lipinski definition) is 3. The van der Waals surface area contributed by atoms with E-state index in [1.165, 1.54) is 0 Å². The fourth-order valence-corrected chi connectivity index (χ4v) is 11.0. The maximum atomic E-state index is 14.4. The molecule has 6 heterocycles. The zero-order valence-electron chi connectivity index (χ0n) is 38.5. The summed E-state index contributed by atoms with van der Waals surface area (Å²) in [6.07, 6.45) is 6.53. The van der Waals surface area contributed by atoms with Crippen LogP contribution in [0.2, 0.25) is 0 Å². The van der Waals surface area contributed by atoms with Crippen molar-refractivity contribution in [3.05, 3.63) is 47.1 Å². The summed E-state index contributed by atoms with van der Waals surface area (Å²) in [7, 11) is 3.23. The Morgan fingerprint density at radius 2 is 1.63 bits per heavy atom. The van der Waals surface area contributed by atoms with E-state index in [-0.39, 0.29) is 30.8 Å². The van der Waals surface area contributed by atoms with E-state index < -0.39 is 90.8 Å². The predicted molar refractivity (Wildman–Crippen MR) is 227 cm³/mol. The molecule has 7 rings (SSSR count). The first-order valence-corrected chi connectivity index (χ1v) is 23.2. The number of esters is 1. The number of rotatable bonds is 8. The van der Waals surface area contributed by atoms with Crippen LogP contribution in [0.3, 0.4) is 0 Å². The third-order valence-electron chi connectivity index (χ3n) is 14.9. The number of aliphatic hydroxyl groups is 3. The molecule has 350 valence electrons. The molecule has 0 aromatic rings. The van der Waals surface area contributed by atoms with E-state index in [0.717, 1.165) is 18.4 Å². The zero-order chi connectivity index (χ0) is 44.7. The quantitative estimate of drug-likeness (QED) is 0.204. The van der Waals surface area contributed by atoms with Crippen molar-refractivity contribution in [1.29, 1.82) is 0 Å². The smallest absolute Gasteiger partial charge is 0.316 e. The zero-order valence-corrected chi connectivity index (χ0v) is 38.5. The van der Waals surface area contributed by atoms with Gasteiger partial charge in [-0.3, -0.25) is 4.79 Å². The van der Waals surface area contributed by atoms with Gasteiger partial charge in [0.25, 0.3) is 0 Å². The molecule has 0 saturated carbocycles. The van der Waals surface area contributed by atoms with E-state index in [1.807, 2.05) is 19.1 Å². The number of allylic oxidation sites excluding steroid dienone is 2. The summed E-state index contributed by atoms with van der Waals surface area (Å²) in [5.41, 5.74) is 0.188. The summed E-state index contributed by atoms with van der Waals surface area (Å²) in [5, 5.41) is 34.2. The highest BCUT2D eigenvalue weighted by atomic mass is 16.7. The maximum absolute atomic E-state index is 14.4. The van der Waals surface area contributed by atoms with E-state index in [2.05, 4.69) is 40.7 Å². The van der Waals surface area contributed by atoms with Crippen molar-refractivity contribution in [2.75, 3.05) is 20.8 Å². The monoisotopic (exact) mass is 875 g/mol. The lowest BCUT2D eigenvalue weighted by Crippen LogP contribution is -2.58. The van der Waals surface area contributed by atoms with Crippen LogP contribution in [-0.2, 0) is 52.2 Å². The first-order chi connectivity index (χ1) is 29.5. The van der Waals surface area contributed by atoms with Gasteiger partial charge in [0.1, 0.15) is 42.0 Å². The van der Waals surface area contributed by atoms with E-state index >= 15 is 0 Å². The third kappa shape index (κ3) is 9.73. The normalized spacial score (nSPS) is 47.2. The van der Waals surface area contributed by atoms with E-state index in [9.17, 15) is 20.1 Å². The van der Waals surface area contributed by atoms with Crippen molar-refractivity contribution in [1.82, 2.24) is 0 Å². The Bertz CT molecular complexity index is 1680. The standard InChI is InChI=1S/C48H74O14/c1-11-25(2)43-28(5)17-18-47(62-43)23-34-20-33(61-47)16-15-27(4)42(26(3)13-12-14-32-24-55-45-40(49)29(6)19-35(46(51)58-34)48(32,45)52)59-39-22-37(54-10)44(31(8)57-39)60-38-21-36(53-9)41(50)30(7)56-38/h12-15,19,25-26,28,30-31,33-45,49-50,52H,11,16-18,20-24H2,1-10H3/t25-,26+,28+,30+,31+,33-,34+,35?,36+,37+,38+,39+,40-,41+,42+,43-,44+,45-,47-,48-/m1/s1. The highest BCUT2D eigenvalue weighted by Crippen LogP contribution is 2.48. The van der Waals surface area contributed by atoms with Crippen LogP contribution in [0, 0.1) is 23.7 Å². The number of aliphatic hydroxyl groups excluding tert-OH is 2. The van der Waals surface area contributed by atoms with Gasteiger partial charge in [-0.2, -0.15) is 0 Å². The Balaban J connectivity index is 1.18. The molecular weight excluding hydrogens is 801 g/mol. The van der Waals surface area contributed by atoms with Crippen molar-refractivity contribution in [2.45, 2.75) is 204 Å². The van der Waals surface area contributed by atoms with Crippen LogP contribution in [0.1, 0.15) is 107 Å². The first-order valence-electron chi connectivity index (χ1n) is 23.2. The molecule has 1 spiro atoms. The number of ether oxygens (including phenoxy) is 10. The molecule has 0 aromatic heterocycles. The number of carbonyl (C=O) groups is 1. The van der Waals surface area contributed by atoms with Gasteiger partial charge >= 0.3 is 5.97 Å². The largest absolute Gasteiger partial charge is 0.462 e. The van der Waals surface area contributed by atoms with E-state index in [1.54, 1.807) is 40.2 Å². The molecule has 7 aliphatic rings. The average molecular weight is 875 g/mol. The van der Waals surface area contributed by atoms with Crippen molar-refractivity contribution in [3.8, 4) is 0 Å². The van der Waals surface area contributed by atoms with Gasteiger partial charge in [-0.15, -0.1) is 0 Å². The highest BCUT2D eigenvalue weighted by molar-refractivity contribution is 5.78. The molecule has 5 saturated heterocycles. The lowest BCUT2D eigenvalue weighted by molar-refractivity contribution is -0.340. The molecule has 20 atom stereocenters. The SMILES string of the molecule is CC[C@@H](C)[C@H]1O[C@]2(CC[C@@H]1C)C[C@@H]1C[C@@H](CC=C(C)[C@@H](O[C@H]3C[C@H](OC)[C@@H](O[C@H]4C[C@H](OC)[C@@H](O)[C@H](C)O4)[C@H](C)O3)[C@@H](C)C=CC=C3CO[C@@H]4[C@H](O)C(C)=CC(C(=O)O1)[C@]34O)O2. The molecule has 0 radical (unpaired) electrons. The number of methoxy groups -OCH3 is 2. The lowest BCUT2D eigenvalue weighted by atomic mass is 9.71. The van der Waals surface area contributed by atoms with Crippen molar-refractivity contribution in [3.63, 3.8) is 0 Å². The topological polar surface area (TPSA) is 170 Å². The molecule has 14 heteroatoms. The Morgan fingerprint density at radius 3 is 2.35 bits per heavy atom. The Labute approximate surface area is 368 Å². The van der Waals surface area contributed by atoms with Crippen LogP contribution < -0.4 is 0 Å². The second kappa shape index (κ2) is 19.8. The highest BCUT2D eigenvalue weighted by Gasteiger charge is 2.60. The van der Waals surface area contributed by atoms with Crippen LogP contribution in [0.25, 0.3) is 0 Å². The molecule has 14 nitrogen and oxygen atoms in total. The summed E-state index contributed by atoms with van der Waals surface area (Å²) < 4.78 is 63.9. The van der Waals surface area contributed by atoms with Crippen molar-refractivity contribution < 1.29 is 67.5 Å². The summed E-state index contributed by atoms with van der Waals surface area (Å²) in [4.78, 5) is 14.4. The van der Waals surface area contributed by atoms with E-state index in [0.29, 0.717) is 61.5 Å². The molecule has 0 aromatic carbocycles. The Morgan fingerprint density at radius 1 is 0.919 bits per heavy atom. The average Bonchev–Trinajstić information content (AvgIpc) is 3.58. The number of carbonyl (C=O) groups excluding carboxylic acids is 1. The van der Waals surface area contributed by atoms with Crippen LogP contribution in [-0.4, -0.2) is 139 Å². The lowest BCUT2D eigenvalue weighted by Gasteiger charge is -2.51. The first kappa shape index (κ1) is 47.9.